The Hall–Kier alpha value is -5.77. The number of alkyl halides is 3. The van der Waals surface area contributed by atoms with E-state index in [1.807, 2.05) is 43.3 Å². The van der Waals surface area contributed by atoms with Gasteiger partial charge in [-0.3, -0.25) is 28.9 Å². The van der Waals surface area contributed by atoms with Gasteiger partial charge in [-0.2, -0.15) is 23.3 Å². The summed E-state index contributed by atoms with van der Waals surface area (Å²) in [4.78, 5) is 65.2. The Kier molecular flexibility index (Phi) is 9.02. The van der Waals surface area contributed by atoms with Gasteiger partial charge in [0.2, 0.25) is 11.8 Å². The largest absolute Gasteiger partial charge is 0.507 e. The van der Waals surface area contributed by atoms with Crippen molar-refractivity contribution in [2.24, 2.45) is 36.1 Å². The predicted octanol–water partition coefficient (Wildman–Crippen LogP) is 9.47. The molecule has 10 rings (SSSR count). The topological polar surface area (TPSA) is 129 Å². The molecule has 62 heavy (non-hydrogen) atoms. The molecule has 6 atom stereocenters. The highest BCUT2D eigenvalue weighted by Crippen LogP contribution is 2.64. The number of aromatic hydroxyl groups is 1. The van der Waals surface area contributed by atoms with Gasteiger partial charge in [0, 0.05) is 41.2 Å². The number of carbonyl (C=O) groups excluding carboxylic acids is 4. The predicted molar refractivity (Wildman–Crippen MR) is 229 cm³/mol. The smallest absolute Gasteiger partial charge is 0.433 e. The number of benzene rings is 3. The Balaban J connectivity index is 1.09. The molecular formula is C45H35Cl2F3N6O5S. The molecule has 0 bridgehead atoms. The van der Waals surface area contributed by atoms with Gasteiger partial charge in [0.25, 0.3) is 11.8 Å². The van der Waals surface area contributed by atoms with Crippen molar-refractivity contribution in [3.63, 3.8) is 0 Å². The number of fused-ring (bicyclic) bond motifs is 6. The monoisotopic (exact) mass is 898 g/mol. The van der Waals surface area contributed by atoms with Gasteiger partial charge in [0.05, 0.1) is 33.1 Å². The summed E-state index contributed by atoms with van der Waals surface area (Å²) in [7, 11) is 2.92. The van der Waals surface area contributed by atoms with Crippen LogP contribution < -0.4 is 9.91 Å². The summed E-state index contributed by atoms with van der Waals surface area (Å²) in [6.45, 7) is 3.74. The number of rotatable bonds is 5. The van der Waals surface area contributed by atoms with Crippen molar-refractivity contribution < 1.29 is 37.5 Å². The van der Waals surface area contributed by atoms with Crippen LogP contribution in [0.25, 0.3) is 31.4 Å². The Morgan fingerprint density at radius 3 is 2.40 bits per heavy atom. The van der Waals surface area contributed by atoms with Crippen molar-refractivity contribution >= 4 is 90.7 Å². The molecule has 3 aromatic carbocycles. The molecule has 316 valence electrons. The second-order valence-corrected chi connectivity index (χ2v) is 18.5. The van der Waals surface area contributed by atoms with Gasteiger partial charge in [-0.15, -0.1) is 11.3 Å². The highest BCUT2D eigenvalue weighted by atomic mass is 35.5. The first-order valence-electron chi connectivity index (χ1n) is 19.8. The summed E-state index contributed by atoms with van der Waals surface area (Å²) in [6.07, 6.45) is -2.84. The molecule has 3 aromatic heterocycles. The first-order chi connectivity index (χ1) is 29.4. The van der Waals surface area contributed by atoms with Gasteiger partial charge in [0.15, 0.2) is 5.82 Å². The van der Waals surface area contributed by atoms with Crippen LogP contribution in [-0.4, -0.2) is 55.6 Å². The van der Waals surface area contributed by atoms with Gasteiger partial charge < -0.3 is 5.11 Å². The fraction of sp³-hybridized carbons (Fsp3) is 0.289. The van der Waals surface area contributed by atoms with E-state index in [1.165, 1.54) is 28.0 Å². The van der Waals surface area contributed by atoms with Crippen LogP contribution in [0.5, 0.6) is 5.75 Å². The third-order valence-electron chi connectivity index (χ3n) is 13.4. The van der Waals surface area contributed by atoms with Gasteiger partial charge in [0.1, 0.15) is 23.0 Å². The number of allylic oxidation sites excluding steroid dienone is 2. The molecule has 1 saturated carbocycles. The van der Waals surface area contributed by atoms with E-state index in [9.17, 15) is 27.9 Å². The van der Waals surface area contributed by atoms with E-state index >= 15 is 9.59 Å². The molecule has 2 aliphatic carbocycles. The number of hydrogen-bond donors (Lipinski definition) is 1. The molecule has 0 spiro atoms. The second kappa shape index (κ2) is 13.9. The summed E-state index contributed by atoms with van der Waals surface area (Å²) < 4.78 is 43.8. The lowest BCUT2D eigenvalue weighted by atomic mass is 9.51. The number of pyridine rings is 1. The number of hydrogen-bond acceptors (Lipinski definition) is 9. The van der Waals surface area contributed by atoms with Crippen LogP contribution in [-0.2, 0) is 32.4 Å². The number of nitrogens with zero attached hydrogens (tertiary/aromatic N) is 6. The van der Waals surface area contributed by atoms with Crippen LogP contribution in [0.15, 0.2) is 84.4 Å². The summed E-state index contributed by atoms with van der Waals surface area (Å²) >= 11 is 14.2. The maximum absolute atomic E-state index is 15.4. The number of hydrazine groups is 1. The SMILES string of the molecule is Cc1c(-c2cc(N3C(=O)C4CC5C(=CCC6C(=O)N(N(C)c7nc(C(F)(F)F)ccc7Cl)C(=O)C65)C(c5ccc(O)c6ccccc56)C4(C)C3=O)n(C)n2)sc2ccc(Cl)cc12. The number of aromatic nitrogens is 3. The fourth-order valence-corrected chi connectivity index (χ4v) is 12.1. The van der Waals surface area contributed by atoms with Gasteiger partial charge in [-0.1, -0.05) is 65.2 Å². The molecule has 0 radical (unpaired) electrons. The molecule has 3 fully saturated rings. The number of phenolic OH excluding ortho intramolecular Hbond substituents is 1. The zero-order valence-corrected chi connectivity index (χ0v) is 35.7. The van der Waals surface area contributed by atoms with E-state index in [4.69, 9.17) is 28.3 Å². The molecule has 4 amide bonds. The molecule has 17 heteroatoms. The number of imide groups is 2. The van der Waals surface area contributed by atoms with E-state index in [-0.39, 0.29) is 29.4 Å². The van der Waals surface area contributed by atoms with E-state index in [0.29, 0.717) is 38.7 Å². The summed E-state index contributed by atoms with van der Waals surface area (Å²) in [5.41, 5.74) is 0.182. The average Bonchev–Trinajstić information content (AvgIpc) is 3.91. The van der Waals surface area contributed by atoms with Crippen molar-refractivity contribution in [2.45, 2.75) is 38.8 Å². The number of amides is 4. The van der Waals surface area contributed by atoms with Crippen LogP contribution in [0.3, 0.4) is 0 Å². The lowest BCUT2D eigenvalue weighted by Gasteiger charge is -2.49. The molecule has 4 aliphatic rings. The summed E-state index contributed by atoms with van der Waals surface area (Å²) in [6, 6.07) is 19.6. The van der Waals surface area contributed by atoms with Crippen molar-refractivity contribution in [1.82, 2.24) is 19.8 Å². The lowest BCUT2D eigenvalue weighted by Crippen LogP contribution is -2.49. The van der Waals surface area contributed by atoms with E-state index < -0.39 is 76.3 Å². The Morgan fingerprint density at radius 2 is 1.66 bits per heavy atom. The highest BCUT2D eigenvalue weighted by Gasteiger charge is 2.68. The molecule has 11 nitrogen and oxygen atoms in total. The van der Waals surface area contributed by atoms with Crippen LogP contribution in [0.4, 0.5) is 24.8 Å². The molecular weight excluding hydrogens is 864 g/mol. The zero-order valence-electron chi connectivity index (χ0n) is 33.4. The van der Waals surface area contributed by atoms with E-state index in [1.54, 1.807) is 44.3 Å². The first kappa shape index (κ1) is 40.3. The minimum absolute atomic E-state index is 0.0184. The van der Waals surface area contributed by atoms with Gasteiger partial charge >= 0.3 is 6.18 Å². The van der Waals surface area contributed by atoms with E-state index in [2.05, 4.69) is 4.98 Å². The van der Waals surface area contributed by atoms with Crippen molar-refractivity contribution in [2.75, 3.05) is 17.0 Å². The molecule has 1 N–H and O–H groups in total. The number of halogens is 5. The Bertz CT molecular complexity index is 3020. The number of aryl methyl sites for hydroxylation is 2. The van der Waals surface area contributed by atoms with E-state index in [0.717, 1.165) is 36.6 Å². The van der Waals surface area contributed by atoms with Gasteiger partial charge in [-0.05, 0) is 90.9 Å². The standard InChI is InChI=1S/C45H35Cl2F3N6O5S/c1-20-27-17-21(46)9-15-33(27)62-38(20)31-19-35(53(3)52-31)55-41(59)29-18-28-25(37(44(29,2)43(55)61)24-12-14-32(57)23-8-6-5-7-22(23)24)10-11-26-36(28)42(60)56(40(26)58)54(4)39-30(47)13-16-34(51-39)45(48,49)50/h5-10,12-17,19,26,28-29,36-37,57H,11,18H2,1-4H3. The number of anilines is 2. The zero-order chi connectivity index (χ0) is 43.9. The minimum atomic E-state index is -4.82. The molecule has 6 aromatic rings. The summed E-state index contributed by atoms with van der Waals surface area (Å²) in [5, 5.41) is 20.0. The lowest BCUT2D eigenvalue weighted by molar-refractivity contribution is -0.141. The van der Waals surface area contributed by atoms with Crippen molar-refractivity contribution in [3.8, 4) is 16.3 Å². The Labute approximate surface area is 365 Å². The molecule has 6 unspecified atom stereocenters. The van der Waals surface area contributed by atoms with Crippen molar-refractivity contribution in [1.29, 1.82) is 0 Å². The summed E-state index contributed by atoms with van der Waals surface area (Å²) in [5.74, 6) is -6.95. The third-order valence-corrected chi connectivity index (χ3v) is 15.3. The molecule has 2 aliphatic heterocycles. The van der Waals surface area contributed by atoms with Crippen LogP contribution in [0, 0.1) is 36.0 Å². The highest BCUT2D eigenvalue weighted by molar-refractivity contribution is 7.22. The second-order valence-electron chi connectivity index (χ2n) is 16.6. The van der Waals surface area contributed by atoms with Crippen molar-refractivity contribution in [3.05, 3.63) is 111 Å². The third kappa shape index (κ3) is 5.63. The quantitative estimate of drug-likeness (QED) is 0.134. The van der Waals surface area contributed by atoms with Crippen LogP contribution >= 0.6 is 34.5 Å². The normalized spacial score (nSPS) is 24.9. The maximum atomic E-state index is 15.4. The number of carbonyl (C=O) groups is 4. The molecule has 5 heterocycles. The fourth-order valence-electron chi connectivity index (χ4n) is 10.5. The van der Waals surface area contributed by atoms with Gasteiger partial charge in [-0.25, -0.2) is 9.88 Å². The molecule has 2 saturated heterocycles. The Morgan fingerprint density at radius 1 is 0.919 bits per heavy atom. The first-order valence-corrected chi connectivity index (χ1v) is 21.4. The van der Waals surface area contributed by atoms with Crippen LogP contribution in [0.1, 0.15) is 42.5 Å². The maximum Gasteiger partial charge on any atom is 0.433 e. The minimum Gasteiger partial charge on any atom is -0.507 e. The number of thiophene rings is 1. The van der Waals surface area contributed by atoms with Crippen LogP contribution in [0.2, 0.25) is 10.0 Å². The average molecular weight is 900 g/mol. The number of phenols is 1.